The molecule has 0 heterocycles. The van der Waals surface area contributed by atoms with Crippen LogP contribution in [0.15, 0.2) is 36.4 Å². The molecule has 0 amide bonds. The zero-order valence-corrected chi connectivity index (χ0v) is 12.7. The molecule has 0 unspecified atom stereocenters. The van der Waals surface area contributed by atoms with Crippen molar-refractivity contribution in [3.8, 4) is 0 Å². The lowest BCUT2D eigenvalue weighted by Gasteiger charge is -2.11. The molecule has 2 N–H and O–H groups in total. The van der Waals surface area contributed by atoms with Crippen molar-refractivity contribution in [2.45, 2.75) is 0 Å². The molecule has 0 fully saturated rings. The Kier molecular flexibility index (Phi) is 5.35. The van der Waals surface area contributed by atoms with Crippen LogP contribution < -0.4 is 10.6 Å². The van der Waals surface area contributed by atoms with Gasteiger partial charge < -0.3 is 10.6 Å². The molecular weight excluding hydrogens is 322 g/mol. The monoisotopic (exact) mass is 332 g/mol. The topological polar surface area (TPSA) is 24.1 Å². The maximum atomic E-state index is 13.0. The fourth-order valence-corrected chi connectivity index (χ4v) is 2.18. The molecule has 20 heavy (non-hydrogen) atoms. The number of rotatable bonds is 5. The Morgan fingerprint density at radius 2 is 1.60 bits per heavy atom. The minimum Gasteiger partial charge on any atom is -0.383 e. The summed E-state index contributed by atoms with van der Waals surface area (Å²) in [6.45, 7) is 1.26. The highest BCUT2D eigenvalue weighted by Crippen LogP contribution is 2.25. The number of benzene rings is 2. The molecule has 2 aromatic rings. The summed E-state index contributed by atoms with van der Waals surface area (Å²) in [7, 11) is 0. The van der Waals surface area contributed by atoms with E-state index in [-0.39, 0.29) is 5.02 Å². The van der Waals surface area contributed by atoms with Crippen molar-refractivity contribution in [1.29, 1.82) is 0 Å². The molecule has 0 radical (unpaired) electrons. The third kappa shape index (κ3) is 4.17. The molecule has 106 valence electrons. The van der Waals surface area contributed by atoms with Gasteiger partial charge in [0.2, 0.25) is 0 Å². The molecule has 0 bridgehead atoms. The summed E-state index contributed by atoms with van der Waals surface area (Å²) < 4.78 is 13.0. The van der Waals surface area contributed by atoms with Crippen LogP contribution in [0.1, 0.15) is 0 Å². The predicted molar refractivity (Wildman–Crippen MR) is 84.9 cm³/mol. The molecular formula is C14H12Cl3FN2. The van der Waals surface area contributed by atoms with E-state index in [1.54, 1.807) is 30.3 Å². The van der Waals surface area contributed by atoms with Crippen LogP contribution in [0, 0.1) is 5.82 Å². The highest BCUT2D eigenvalue weighted by molar-refractivity contribution is 6.35. The predicted octanol–water partition coefficient (Wildman–Crippen LogP) is 5.31. The summed E-state index contributed by atoms with van der Waals surface area (Å²) >= 11 is 17.6. The number of nitrogens with one attached hydrogen (secondary N) is 2. The number of hydrogen-bond acceptors (Lipinski definition) is 2. The Morgan fingerprint density at radius 1 is 0.850 bits per heavy atom. The molecule has 2 nitrogen and oxygen atoms in total. The third-order valence-electron chi connectivity index (χ3n) is 2.62. The zero-order chi connectivity index (χ0) is 14.5. The molecule has 2 rings (SSSR count). The molecule has 0 aliphatic heterocycles. The highest BCUT2D eigenvalue weighted by Gasteiger charge is 2.02. The van der Waals surface area contributed by atoms with Gasteiger partial charge in [0, 0.05) is 23.8 Å². The minimum absolute atomic E-state index is 0.0980. The summed E-state index contributed by atoms with van der Waals surface area (Å²) in [5, 5.41) is 7.62. The standard InChI is InChI=1S/C14H12Cl3FN2/c15-9-1-3-11(16)14(7-9)20-6-5-19-10-2-4-13(18)12(17)8-10/h1-4,7-8,19-20H,5-6H2. The first kappa shape index (κ1) is 15.2. The van der Waals surface area contributed by atoms with Crippen LogP contribution in [0.25, 0.3) is 0 Å². The Labute approximate surface area is 131 Å². The molecule has 0 saturated carbocycles. The van der Waals surface area contributed by atoms with Crippen LogP contribution in [0.4, 0.5) is 15.8 Å². The van der Waals surface area contributed by atoms with Gasteiger partial charge >= 0.3 is 0 Å². The van der Waals surface area contributed by atoms with Crippen LogP contribution in [0.5, 0.6) is 0 Å². The van der Waals surface area contributed by atoms with Crippen molar-refractivity contribution in [2.75, 3.05) is 23.7 Å². The van der Waals surface area contributed by atoms with E-state index in [4.69, 9.17) is 34.8 Å². The van der Waals surface area contributed by atoms with Crippen molar-refractivity contribution in [3.63, 3.8) is 0 Å². The van der Waals surface area contributed by atoms with Crippen LogP contribution in [0.2, 0.25) is 15.1 Å². The van der Waals surface area contributed by atoms with Gasteiger partial charge in [-0.1, -0.05) is 34.8 Å². The van der Waals surface area contributed by atoms with Crippen molar-refractivity contribution in [2.24, 2.45) is 0 Å². The van der Waals surface area contributed by atoms with Gasteiger partial charge in [0.1, 0.15) is 5.82 Å². The van der Waals surface area contributed by atoms with E-state index in [0.29, 0.717) is 23.1 Å². The quantitative estimate of drug-likeness (QED) is 0.725. The zero-order valence-electron chi connectivity index (χ0n) is 10.4. The van der Waals surface area contributed by atoms with Crippen LogP contribution in [-0.2, 0) is 0 Å². The number of halogens is 4. The first-order chi connectivity index (χ1) is 9.56. The van der Waals surface area contributed by atoms with Gasteiger partial charge in [-0.3, -0.25) is 0 Å². The number of hydrogen-bond donors (Lipinski definition) is 2. The average Bonchev–Trinajstić information content (AvgIpc) is 2.42. The normalized spacial score (nSPS) is 10.4. The first-order valence-corrected chi connectivity index (χ1v) is 7.07. The van der Waals surface area contributed by atoms with E-state index in [2.05, 4.69) is 10.6 Å². The molecule has 0 spiro atoms. The Hall–Kier alpha value is -1.16. The Bertz CT molecular complexity index is 605. The molecule has 0 aliphatic rings. The van der Waals surface area contributed by atoms with E-state index >= 15 is 0 Å². The van der Waals surface area contributed by atoms with Gasteiger partial charge in [-0.15, -0.1) is 0 Å². The van der Waals surface area contributed by atoms with Crippen molar-refractivity contribution in [1.82, 2.24) is 0 Å². The average molecular weight is 334 g/mol. The van der Waals surface area contributed by atoms with Gasteiger partial charge in [-0.2, -0.15) is 0 Å². The second-order valence-electron chi connectivity index (χ2n) is 4.11. The van der Waals surface area contributed by atoms with Gasteiger partial charge in [0.05, 0.1) is 15.7 Å². The van der Waals surface area contributed by atoms with Gasteiger partial charge in [0.15, 0.2) is 0 Å². The maximum absolute atomic E-state index is 13.0. The lowest BCUT2D eigenvalue weighted by Crippen LogP contribution is -2.13. The van der Waals surface area contributed by atoms with E-state index in [1.165, 1.54) is 6.07 Å². The van der Waals surface area contributed by atoms with Crippen LogP contribution in [-0.4, -0.2) is 13.1 Å². The summed E-state index contributed by atoms with van der Waals surface area (Å²) in [6.07, 6.45) is 0. The molecule has 2 aromatic carbocycles. The Morgan fingerprint density at radius 3 is 2.35 bits per heavy atom. The second-order valence-corrected chi connectivity index (χ2v) is 5.36. The lowest BCUT2D eigenvalue weighted by atomic mass is 10.3. The van der Waals surface area contributed by atoms with E-state index < -0.39 is 5.82 Å². The van der Waals surface area contributed by atoms with E-state index in [1.807, 2.05) is 0 Å². The van der Waals surface area contributed by atoms with Gasteiger partial charge in [-0.05, 0) is 36.4 Å². The van der Waals surface area contributed by atoms with E-state index in [0.717, 1.165) is 11.4 Å². The molecule has 0 aliphatic carbocycles. The summed E-state index contributed by atoms with van der Waals surface area (Å²) in [5.41, 5.74) is 1.54. The summed E-state index contributed by atoms with van der Waals surface area (Å²) in [6, 6.07) is 9.73. The molecule has 0 aromatic heterocycles. The van der Waals surface area contributed by atoms with Gasteiger partial charge in [-0.25, -0.2) is 4.39 Å². The molecule has 0 atom stereocenters. The van der Waals surface area contributed by atoms with Crippen LogP contribution in [0.3, 0.4) is 0 Å². The molecule has 0 saturated heterocycles. The number of anilines is 2. The first-order valence-electron chi connectivity index (χ1n) is 5.94. The third-order valence-corrected chi connectivity index (χ3v) is 3.47. The lowest BCUT2D eigenvalue weighted by molar-refractivity contribution is 0.628. The maximum Gasteiger partial charge on any atom is 0.141 e. The SMILES string of the molecule is Fc1ccc(NCCNc2cc(Cl)ccc2Cl)cc1Cl. The summed E-state index contributed by atoms with van der Waals surface area (Å²) in [4.78, 5) is 0. The Balaban J connectivity index is 1.84. The van der Waals surface area contributed by atoms with E-state index in [9.17, 15) is 4.39 Å². The minimum atomic E-state index is -0.430. The fourth-order valence-electron chi connectivity index (χ4n) is 1.64. The molecule has 6 heteroatoms. The van der Waals surface area contributed by atoms with Crippen molar-refractivity contribution in [3.05, 3.63) is 57.3 Å². The van der Waals surface area contributed by atoms with Crippen LogP contribution >= 0.6 is 34.8 Å². The summed E-state index contributed by atoms with van der Waals surface area (Å²) in [5.74, 6) is -0.430. The van der Waals surface area contributed by atoms with Gasteiger partial charge in [0.25, 0.3) is 0 Å². The smallest absolute Gasteiger partial charge is 0.141 e. The van der Waals surface area contributed by atoms with Crippen molar-refractivity contribution < 1.29 is 4.39 Å². The largest absolute Gasteiger partial charge is 0.383 e. The second kappa shape index (κ2) is 7.02. The fraction of sp³-hybridized carbons (Fsp3) is 0.143. The van der Waals surface area contributed by atoms with Crippen molar-refractivity contribution >= 4 is 46.2 Å². The highest BCUT2D eigenvalue weighted by atomic mass is 35.5.